The highest BCUT2D eigenvalue weighted by Crippen LogP contribution is 2.06. The largest absolute Gasteiger partial charge is 0.396 e. The molecule has 0 bridgehead atoms. The third-order valence-electron chi connectivity index (χ3n) is 2.02. The van der Waals surface area contributed by atoms with Gasteiger partial charge in [0, 0.05) is 18.8 Å². The maximum absolute atomic E-state index is 8.57. The SMILES string of the molecule is CC(NCCCCO)c1ccn[nH]1. The van der Waals surface area contributed by atoms with Gasteiger partial charge in [-0.3, -0.25) is 5.10 Å². The van der Waals surface area contributed by atoms with Crippen LogP contribution in [-0.2, 0) is 0 Å². The molecule has 4 heteroatoms. The van der Waals surface area contributed by atoms with Crippen molar-refractivity contribution in [3.05, 3.63) is 18.0 Å². The van der Waals surface area contributed by atoms with Gasteiger partial charge in [-0.1, -0.05) is 0 Å². The molecule has 0 saturated carbocycles. The van der Waals surface area contributed by atoms with E-state index in [0.717, 1.165) is 25.1 Å². The first-order chi connectivity index (χ1) is 6.34. The lowest BCUT2D eigenvalue weighted by atomic mass is 10.2. The van der Waals surface area contributed by atoms with Crippen molar-refractivity contribution in [2.75, 3.05) is 13.2 Å². The van der Waals surface area contributed by atoms with E-state index >= 15 is 0 Å². The van der Waals surface area contributed by atoms with Gasteiger partial charge in [-0.05, 0) is 32.4 Å². The van der Waals surface area contributed by atoms with Gasteiger partial charge in [0.1, 0.15) is 0 Å². The summed E-state index contributed by atoms with van der Waals surface area (Å²) in [7, 11) is 0. The average molecular weight is 183 g/mol. The Morgan fingerprint density at radius 1 is 1.62 bits per heavy atom. The van der Waals surface area contributed by atoms with Gasteiger partial charge in [0.15, 0.2) is 0 Å². The van der Waals surface area contributed by atoms with Crippen LogP contribution in [0.15, 0.2) is 12.3 Å². The molecule has 1 atom stereocenters. The summed E-state index contributed by atoms with van der Waals surface area (Å²) in [6, 6.07) is 2.27. The standard InChI is InChI=1S/C9H17N3O/c1-8(9-4-6-11-12-9)10-5-2-3-7-13/h4,6,8,10,13H,2-3,5,7H2,1H3,(H,11,12). The second-order valence-corrected chi connectivity index (χ2v) is 3.12. The molecule has 0 amide bonds. The van der Waals surface area contributed by atoms with Crippen molar-refractivity contribution in [2.45, 2.75) is 25.8 Å². The van der Waals surface area contributed by atoms with E-state index in [-0.39, 0.29) is 6.61 Å². The average Bonchev–Trinajstić information content (AvgIpc) is 2.65. The number of aromatic nitrogens is 2. The molecule has 0 aromatic carbocycles. The number of aliphatic hydroxyl groups excluding tert-OH is 1. The Morgan fingerprint density at radius 2 is 2.46 bits per heavy atom. The summed E-state index contributed by atoms with van der Waals surface area (Å²) in [5, 5.41) is 18.7. The number of rotatable bonds is 6. The fraction of sp³-hybridized carbons (Fsp3) is 0.667. The minimum absolute atomic E-state index is 0.278. The summed E-state index contributed by atoms with van der Waals surface area (Å²) in [6.45, 7) is 3.30. The van der Waals surface area contributed by atoms with Crippen LogP contribution in [0.2, 0.25) is 0 Å². The molecule has 3 N–H and O–H groups in total. The van der Waals surface area contributed by atoms with E-state index < -0.39 is 0 Å². The number of aromatic amines is 1. The summed E-state index contributed by atoms with van der Waals surface area (Å²) in [5.74, 6) is 0. The zero-order valence-electron chi connectivity index (χ0n) is 7.95. The molecule has 0 radical (unpaired) electrons. The fourth-order valence-electron chi connectivity index (χ4n) is 1.17. The zero-order chi connectivity index (χ0) is 9.52. The van der Waals surface area contributed by atoms with E-state index in [2.05, 4.69) is 22.4 Å². The quantitative estimate of drug-likeness (QED) is 0.572. The van der Waals surface area contributed by atoms with Crippen LogP contribution in [0.5, 0.6) is 0 Å². The van der Waals surface area contributed by atoms with Gasteiger partial charge in [-0.15, -0.1) is 0 Å². The molecule has 1 rings (SSSR count). The maximum atomic E-state index is 8.57. The Labute approximate surface area is 78.4 Å². The highest BCUT2D eigenvalue weighted by Gasteiger charge is 2.03. The van der Waals surface area contributed by atoms with Crippen LogP contribution in [0.4, 0.5) is 0 Å². The molecule has 0 saturated heterocycles. The monoisotopic (exact) mass is 183 g/mol. The van der Waals surface area contributed by atoms with Crippen molar-refractivity contribution in [3.63, 3.8) is 0 Å². The van der Waals surface area contributed by atoms with Crippen LogP contribution in [0.1, 0.15) is 31.5 Å². The number of nitrogens with zero attached hydrogens (tertiary/aromatic N) is 1. The number of unbranched alkanes of at least 4 members (excludes halogenated alkanes) is 1. The van der Waals surface area contributed by atoms with E-state index in [0.29, 0.717) is 6.04 Å². The van der Waals surface area contributed by atoms with Gasteiger partial charge >= 0.3 is 0 Å². The number of hydrogen-bond acceptors (Lipinski definition) is 3. The molecule has 1 unspecified atom stereocenters. The first-order valence-corrected chi connectivity index (χ1v) is 4.68. The summed E-state index contributed by atoms with van der Waals surface area (Å²) in [4.78, 5) is 0. The van der Waals surface area contributed by atoms with Crippen LogP contribution in [-0.4, -0.2) is 28.5 Å². The third kappa shape index (κ3) is 3.57. The lowest BCUT2D eigenvalue weighted by molar-refractivity contribution is 0.283. The molecule has 1 aromatic heterocycles. The molecule has 0 fully saturated rings. The molecule has 0 aliphatic rings. The maximum Gasteiger partial charge on any atom is 0.0518 e. The van der Waals surface area contributed by atoms with Gasteiger partial charge in [0.25, 0.3) is 0 Å². The van der Waals surface area contributed by atoms with Crippen molar-refractivity contribution < 1.29 is 5.11 Å². The van der Waals surface area contributed by atoms with Gasteiger partial charge in [-0.25, -0.2) is 0 Å². The molecule has 13 heavy (non-hydrogen) atoms. The van der Waals surface area contributed by atoms with Crippen molar-refractivity contribution in [1.29, 1.82) is 0 Å². The Morgan fingerprint density at radius 3 is 3.08 bits per heavy atom. The van der Waals surface area contributed by atoms with E-state index in [1.165, 1.54) is 0 Å². The Hall–Kier alpha value is -0.870. The molecule has 1 heterocycles. The van der Waals surface area contributed by atoms with Crippen molar-refractivity contribution >= 4 is 0 Å². The van der Waals surface area contributed by atoms with Crippen molar-refractivity contribution in [3.8, 4) is 0 Å². The molecule has 0 aliphatic carbocycles. The lowest BCUT2D eigenvalue weighted by Crippen LogP contribution is -2.20. The Kier molecular flexibility index (Phi) is 4.49. The van der Waals surface area contributed by atoms with Crippen molar-refractivity contribution in [2.24, 2.45) is 0 Å². The summed E-state index contributed by atoms with van der Waals surface area (Å²) in [6.07, 6.45) is 3.62. The van der Waals surface area contributed by atoms with Gasteiger partial charge < -0.3 is 10.4 Å². The zero-order valence-corrected chi connectivity index (χ0v) is 7.95. The van der Waals surface area contributed by atoms with Crippen LogP contribution in [0.25, 0.3) is 0 Å². The molecule has 1 aromatic rings. The minimum Gasteiger partial charge on any atom is -0.396 e. The number of H-pyrrole nitrogens is 1. The van der Waals surface area contributed by atoms with Crippen molar-refractivity contribution in [1.82, 2.24) is 15.5 Å². The van der Waals surface area contributed by atoms with Gasteiger partial charge in [0.2, 0.25) is 0 Å². The first-order valence-electron chi connectivity index (χ1n) is 4.68. The second kappa shape index (κ2) is 5.72. The van der Waals surface area contributed by atoms with E-state index in [1.807, 2.05) is 6.07 Å². The Bertz CT molecular complexity index is 211. The predicted molar refractivity (Wildman–Crippen MR) is 51.3 cm³/mol. The van der Waals surface area contributed by atoms with Crippen LogP contribution in [0.3, 0.4) is 0 Å². The van der Waals surface area contributed by atoms with E-state index in [9.17, 15) is 0 Å². The van der Waals surface area contributed by atoms with Crippen LogP contribution in [0, 0.1) is 0 Å². The number of hydrogen-bond donors (Lipinski definition) is 3. The van der Waals surface area contributed by atoms with E-state index in [1.54, 1.807) is 6.20 Å². The third-order valence-corrected chi connectivity index (χ3v) is 2.02. The normalized spacial score (nSPS) is 13.1. The molecule has 74 valence electrons. The number of nitrogens with one attached hydrogen (secondary N) is 2. The molecular formula is C9H17N3O. The molecule has 4 nitrogen and oxygen atoms in total. The summed E-state index contributed by atoms with van der Waals surface area (Å²) >= 11 is 0. The highest BCUT2D eigenvalue weighted by molar-refractivity contribution is 5.02. The topological polar surface area (TPSA) is 60.9 Å². The van der Waals surface area contributed by atoms with E-state index in [4.69, 9.17) is 5.11 Å². The van der Waals surface area contributed by atoms with Gasteiger partial charge in [-0.2, -0.15) is 5.10 Å². The predicted octanol–water partition coefficient (Wildman–Crippen LogP) is 0.833. The first kappa shape index (κ1) is 10.2. The number of aliphatic hydroxyl groups is 1. The Balaban J connectivity index is 2.15. The lowest BCUT2D eigenvalue weighted by Gasteiger charge is -2.10. The molecule has 0 spiro atoms. The fourth-order valence-corrected chi connectivity index (χ4v) is 1.17. The highest BCUT2D eigenvalue weighted by atomic mass is 16.2. The van der Waals surface area contributed by atoms with Crippen LogP contribution >= 0.6 is 0 Å². The summed E-state index contributed by atoms with van der Waals surface area (Å²) < 4.78 is 0. The minimum atomic E-state index is 0.278. The smallest absolute Gasteiger partial charge is 0.0518 e. The van der Waals surface area contributed by atoms with Gasteiger partial charge in [0.05, 0.1) is 5.69 Å². The second-order valence-electron chi connectivity index (χ2n) is 3.12. The van der Waals surface area contributed by atoms with Crippen LogP contribution < -0.4 is 5.32 Å². The molecular weight excluding hydrogens is 166 g/mol. The molecule has 0 aliphatic heterocycles. The summed E-state index contributed by atoms with van der Waals surface area (Å²) in [5.41, 5.74) is 1.10.